The normalized spacial score (nSPS) is 9.38. The smallest absolute Gasteiger partial charge is 0.240 e. The lowest BCUT2D eigenvalue weighted by atomic mass is 10.2. The number of benzene rings is 1. The van der Waals surface area contributed by atoms with Gasteiger partial charge in [0.05, 0.1) is 17.7 Å². The van der Waals surface area contributed by atoms with Gasteiger partial charge in [-0.05, 0) is 34.1 Å². The van der Waals surface area contributed by atoms with Gasteiger partial charge in [-0.3, -0.25) is 4.79 Å². The van der Waals surface area contributed by atoms with Crippen molar-refractivity contribution in [3.63, 3.8) is 0 Å². The molecule has 0 radical (unpaired) electrons. The van der Waals surface area contributed by atoms with Crippen LogP contribution in [-0.2, 0) is 4.79 Å². The van der Waals surface area contributed by atoms with E-state index >= 15 is 0 Å². The lowest BCUT2D eigenvalue weighted by Gasteiger charge is -2.16. The number of carbonyl (C=O) groups excluding carboxylic acids is 1. The Labute approximate surface area is 103 Å². The first-order valence-corrected chi connectivity index (χ1v) is 5.36. The highest BCUT2D eigenvalue weighted by Gasteiger charge is 2.11. The molecular formula is C11H11BrN2O2. The molecule has 0 N–H and O–H groups in total. The number of nitrogens with zero attached hydrogens (tertiary/aromatic N) is 2. The number of nitriles is 1. The van der Waals surface area contributed by atoms with E-state index in [0.717, 1.165) is 4.47 Å². The number of halogens is 1. The van der Waals surface area contributed by atoms with Crippen molar-refractivity contribution in [1.82, 2.24) is 0 Å². The molecule has 0 aliphatic rings. The van der Waals surface area contributed by atoms with Crippen molar-refractivity contribution in [3.8, 4) is 11.8 Å². The minimum Gasteiger partial charge on any atom is -0.496 e. The quantitative estimate of drug-likeness (QED) is 0.855. The number of hydrogen-bond donors (Lipinski definition) is 0. The predicted molar refractivity (Wildman–Crippen MR) is 64.3 cm³/mol. The molecule has 0 fully saturated rings. The first kappa shape index (κ1) is 12.5. The first-order valence-electron chi connectivity index (χ1n) is 4.57. The van der Waals surface area contributed by atoms with E-state index < -0.39 is 0 Å². The maximum atomic E-state index is 11.5. The monoisotopic (exact) mass is 282 g/mol. The van der Waals surface area contributed by atoms with Crippen LogP contribution >= 0.6 is 15.9 Å². The molecule has 5 heteroatoms. The zero-order valence-corrected chi connectivity index (χ0v) is 10.6. The highest BCUT2D eigenvalue weighted by atomic mass is 79.9. The van der Waals surface area contributed by atoms with E-state index in [1.807, 2.05) is 6.07 Å². The summed E-state index contributed by atoms with van der Waals surface area (Å²) in [6.07, 6.45) is -0.125. The van der Waals surface area contributed by atoms with Gasteiger partial charge >= 0.3 is 0 Å². The second-order valence-electron chi connectivity index (χ2n) is 3.11. The van der Waals surface area contributed by atoms with E-state index in [0.29, 0.717) is 11.4 Å². The molecule has 1 rings (SSSR count). The third-order valence-corrected chi connectivity index (χ3v) is 2.75. The topological polar surface area (TPSA) is 53.3 Å². The molecule has 1 aromatic rings. The number of anilines is 1. The van der Waals surface area contributed by atoms with Crippen molar-refractivity contribution in [2.24, 2.45) is 0 Å². The van der Waals surface area contributed by atoms with Crippen molar-refractivity contribution in [2.75, 3.05) is 19.1 Å². The van der Waals surface area contributed by atoms with Crippen molar-refractivity contribution >= 4 is 27.5 Å². The first-order chi connectivity index (χ1) is 7.60. The zero-order chi connectivity index (χ0) is 12.1. The summed E-state index contributed by atoms with van der Waals surface area (Å²) in [6.45, 7) is 0. The van der Waals surface area contributed by atoms with Crippen LogP contribution in [0, 0.1) is 11.3 Å². The molecule has 0 aliphatic carbocycles. The van der Waals surface area contributed by atoms with Crippen LogP contribution in [0.15, 0.2) is 22.7 Å². The molecule has 84 valence electrons. The summed E-state index contributed by atoms with van der Waals surface area (Å²) < 4.78 is 5.85. The second-order valence-corrected chi connectivity index (χ2v) is 3.96. The van der Waals surface area contributed by atoms with Gasteiger partial charge < -0.3 is 9.64 Å². The van der Waals surface area contributed by atoms with Gasteiger partial charge in [0.2, 0.25) is 5.91 Å². The number of ether oxygens (including phenoxy) is 1. The van der Waals surface area contributed by atoms with Crippen LogP contribution in [0.25, 0.3) is 0 Å². The average molecular weight is 283 g/mol. The maximum absolute atomic E-state index is 11.5. The van der Waals surface area contributed by atoms with Gasteiger partial charge in [-0.2, -0.15) is 5.26 Å². The Morgan fingerprint density at radius 1 is 1.62 bits per heavy atom. The van der Waals surface area contributed by atoms with E-state index in [4.69, 9.17) is 10.00 Å². The molecule has 0 bridgehead atoms. The van der Waals surface area contributed by atoms with Crippen LogP contribution in [0.5, 0.6) is 5.75 Å². The molecule has 0 heterocycles. The summed E-state index contributed by atoms with van der Waals surface area (Å²) in [4.78, 5) is 12.9. The summed E-state index contributed by atoms with van der Waals surface area (Å²) in [5, 5.41) is 8.44. The van der Waals surface area contributed by atoms with Crippen LogP contribution in [-0.4, -0.2) is 20.1 Å². The third kappa shape index (κ3) is 2.74. The fourth-order valence-corrected chi connectivity index (χ4v) is 1.72. The molecule has 0 spiro atoms. The molecule has 1 amide bonds. The Hall–Kier alpha value is -1.54. The van der Waals surface area contributed by atoms with Crippen LogP contribution in [0.3, 0.4) is 0 Å². The average Bonchev–Trinajstić information content (AvgIpc) is 2.28. The number of rotatable bonds is 3. The summed E-state index contributed by atoms with van der Waals surface area (Å²) in [5.74, 6) is 0.462. The minimum absolute atomic E-state index is 0.125. The number of methoxy groups -OCH3 is 1. The van der Waals surface area contributed by atoms with Gasteiger partial charge in [-0.15, -0.1) is 0 Å². The van der Waals surface area contributed by atoms with Gasteiger partial charge in [0.15, 0.2) is 0 Å². The van der Waals surface area contributed by atoms with E-state index in [1.54, 1.807) is 32.4 Å². The van der Waals surface area contributed by atoms with E-state index in [-0.39, 0.29) is 12.3 Å². The molecule has 4 nitrogen and oxygen atoms in total. The summed E-state index contributed by atoms with van der Waals surface area (Å²) in [7, 11) is 3.21. The van der Waals surface area contributed by atoms with Crippen LogP contribution < -0.4 is 9.64 Å². The Kier molecular flexibility index (Phi) is 4.32. The molecule has 0 unspecified atom stereocenters. The molecule has 1 aromatic carbocycles. The Balaban J connectivity index is 2.93. The van der Waals surface area contributed by atoms with Gasteiger partial charge in [0, 0.05) is 12.7 Å². The number of amides is 1. The lowest BCUT2D eigenvalue weighted by Crippen LogP contribution is -2.25. The summed E-state index contributed by atoms with van der Waals surface area (Å²) >= 11 is 3.34. The van der Waals surface area contributed by atoms with Crippen molar-refractivity contribution in [2.45, 2.75) is 6.42 Å². The van der Waals surface area contributed by atoms with Crippen LogP contribution in [0.4, 0.5) is 5.69 Å². The second kappa shape index (κ2) is 5.52. The van der Waals surface area contributed by atoms with Crippen molar-refractivity contribution in [3.05, 3.63) is 22.7 Å². The predicted octanol–water partition coefficient (Wildman–Crippen LogP) is 2.33. The molecular weight excluding hydrogens is 272 g/mol. The number of carbonyl (C=O) groups is 1. The Bertz CT molecular complexity index is 440. The highest BCUT2D eigenvalue weighted by Crippen LogP contribution is 2.29. The van der Waals surface area contributed by atoms with Crippen LogP contribution in [0.1, 0.15) is 6.42 Å². The van der Waals surface area contributed by atoms with E-state index in [1.165, 1.54) is 4.90 Å². The van der Waals surface area contributed by atoms with Crippen molar-refractivity contribution in [1.29, 1.82) is 5.26 Å². The molecule has 0 saturated carbocycles. The van der Waals surface area contributed by atoms with E-state index in [9.17, 15) is 4.79 Å². The van der Waals surface area contributed by atoms with Crippen molar-refractivity contribution < 1.29 is 9.53 Å². The van der Waals surface area contributed by atoms with Gasteiger partial charge in [0.25, 0.3) is 0 Å². The lowest BCUT2D eigenvalue weighted by molar-refractivity contribution is -0.117. The third-order valence-electron chi connectivity index (χ3n) is 2.13. The van der Waals surface area contributed by atoms with Gasteiger partial charge in [-0.1, -0.05) is 0 Å². The molecule has 0 saturated heterocycles. The van der Waals surface area contributed by atoms with Gasteiger partial charge in [0.1, 0.15) is 12.2 Å². The standard InChI is InChI=1S/C11H11BrN2O2/c1-14(11(15)5-6-13)8-3-4-10(16-2)9(12)7-8/h3-4,7H,5H2,1-2H3. The molecule has 16 heavy (non-hydrogen) atoms. The fourth-order valence-electron chi connectivity index (χ4n) is 1.19. The Morgan fingerprint density at radius 3 is 2.81 bits per heavy atom. The fraction of sp³-hybridized carbons (Fsp3) is 0.273. The van der Waals surface area contributed by atoms with Crippen LogP contribution in [0.2, 0.25) is 0 Å². The van der Waals surface area contributed by atoms with Gasteiger partial charge in [-0.25, -0.2) is 0 Å². The van der Waals surface area contributed by atoms with E-state index in [2.05, 4.69) is 15.9 Å². The Morgan fingerprint density at radius 2 is 2.31 bits per heavy atom. The maximum Gasteiger partial charge on any atom is 0.240 e. The highest BCUT2D eigenvalue weighted by molar-refractivity contribution is 9.10. The molecule has 0 atom stereocenters. The minimum atomic E-state index is -0.237. The molecule has 0 aromatic heterocycles. The SMILES string of the molecule is COc1ccc(N(C)C(=O)CC#N)cc1Br. The summed E-state index contributed by atoms with van der Waals surface area (Å²) in [6, 6.07) is 7.12. The summed E-state index contributed by atoms with van der Waals surface area (Å²) in [5.41, 5.74) is 0.716. The zero-order valence-electron chi connectivity index (χ0n) is 9.03. The molecule has 0 aliphatic heterocycles. The number of hydrogen-bond acceptors (Lipinski definition) is 3. The largest absolute Gasteiger partial charge is 0.496 e.